The molecule has 7 heteroatoms. The van der Waals surface area contributed by atoms with Gasteiger partial charge in [-0.15, -0.1) is 11.6 Å². The Morgan fingerprint density at radius 1 is 1.60 bits per heavy atom. The molecule has 0 spiro atoms. The van der Waals surface area contributed by atoms with Crippen LogP contribution in [0.15, 0.2) is 6.07 Å². The minimum atomic E-state index is -3.23. The maximum Gasteiger partial charge on any atom is 0.336 e. The molecule has 15 heavy (non-hydrogen) atoms. The van der Waals surface area contributed by atoms with Gasteiger partial charge in [0.1, 0.15) is 0 Å². The molecule has 1 aromatic rings. The summed E-state index contributed by atoms with van der Waals surface area (Å²) < 4.78 is 37.6. The first kappa shape index (κ1) is 11.8. The minimum Gasteiger partial charge on any atom is -0.478 e. The molecule has 0 saturated heterocycles. The summed E-state index contributed by atoms with van der Waals surface area (Å²) in [5.74, 6) is -3.39. The van der Waals surface area contributed by atoms with Gasteiger partial charge in [0.15, 0.2) is 0 Å². The third-order valence-corrected chi connectivity index (χ3v) is 1.92. The Kier molecular flexibility index (Phi) is 3.52. The fraction of sp³-hybridized carbons (Fsp3) is 0.250. The number of pyridine rings is 1. The van der Waals surface area contributed by atoms with Crippen molar-refractivity contribution in [2.24, 2.45) is 0 Å². The first-order chi connectivity index (χ1) is 6.97. The largest absolute Gasteiger partial charge is 0.478 e. The van der Waals surface area contributed by atoms with Crippen molar-refractivity contribution in [2.45, 2.75) is 12.3 Å². The molecule has 0 amide bonds. The van der Waals surface area contributed by atoms with Crippen LogP contribution in [0.25, 0.3) is 0 Å². The van der Waals surface area contributed by atoms with E-state index < -0.39 is 29.5 Å². The van der Waals surface area contributed by atoms with Gasteiger partial charge in [-0.2, -0.15) is 4.39 Å². The Morgan fingerprint density at radius 2 is 2.20 bits per heavy atom. The van der Waals surface area contributed by atoms with Gasteiger partial charge < -0.3 is 5.11 Å². The third kappa shape index (κ3) is 2.38. The fourth-order valence-corrected chi connectivity index (χ4v) is 1.16. The first-order valence-corrected chi connectivity index (χ1v) is 4.27. The van der Waals surface area contributed by atoms with Gasteiger partial charge in [0.2, 0.25) is 5.95 Å². The van der Waals surface area contributed by atoms with Crippen molar-refractivity contribution in [3.8, 4) is 0 Å². The number of carbonyl (C=O) groups is 1. The Bertz CT molecular complexity index is 398. The number of hydrogen-bond acceptors (Lipinski definition) is 2. The minimum absolute atomic E-state index is 0.101. The molecule has 0 bridgehead atoms. The molecule has 1 rings (SSSR count). The molecule has 0 radical (unpaired) electrons. The van der Waals surface area contributed by atoms with Gasteiger partial charge in [-0.05, 0) is 6.07 Å². The van der Waals surface area contributed by atoms with Crippen molar-refractivity contribution >= 4 is 17.6 Å². The van der Waals surface area contributed by atoms with Crippen LogP contribution in [0.4, 0.5) is 13.2 Å². The number of hydrogen-bond donors (Lipinski definition) is 1. The summed E-state index contributed by atoms with van der Waals surface area (Å²) in [6, 6.07) is 0.833. The number of halogens is 4. The van der Waals surface area contributed by atoms with E-state index in [1.165, 1.54) is 0 Å². The maximum absolute atomic E-state index is 13.0. The van der Waals surface area contributed by atoms with Crippen LogP contribution < -0.4 is 0 Å². The van der Waals surface area contributed by atoms with Gasteiger partial charge in [-0.25, -0.2) is 18.6 Å². The normalized spacial score (nSPS) is 10.7. The second-order valence-electron chi connectivity index (χ2n) is 2.61. The SMILES string of the molecule is O=C(O)c1cc(CCl)nc(F)c1C(F)F. The lowest BCUT2D eigenvalue weighted by atomic mass is 10.1. The van der Waals surface area contributed by atoms with Gasteiger partial charge in [0.05, 0.1) is 22.7 Å². The second kappa shape index (κ2) is 4.48. The van der Waals surface area contributed by atoms with Crippen LogP contribution in [0.5, 0.6) is 0 Å². The molecule has 0 fully saturated rings. The number of aromatic nitrogens is 1. The number of rotatable bonds is 3. The molecule has 0 atom stereocenters. The second-order valence-corrected chi connectivity index (χ2v) is 2.87. The molecule has 0 unspecified atom stereocenters. The molecule has 0 saturated carbocycles. The lowest BCUT2D eigenvalue weighted by molar-refractivity contribution is 0.0681. The smallest absolute Gasteiger partial charge is 0.336 e. The number of nitrogens with zero attached hydrogens (tertiary/aromatic N) is 1. The average Bonchev–Trinajstić information content (AvgIpc) is 2.15. The monoisotopic (exact) mass is 239 g/mol. The van der Waals surface area contributed by atoms with Crippen molar-refractivity contribution < 1.29 is 23.1 Å². The van der Waals surface area contributed by atoms with E-state index in [1.807, 2.05) is 0 Å². The first-order valence-electron chi connectivity index (χ1n) is 3.74. The third-order valence-electron chi connectivity index (χ3n) is 1.65. The average molecular weight is 240 g/mol. The molecule has 1 heterocycles. The molecular formula is C8H5ClF3NO2. The van der Waals surface area contributed by atoms with Crippen molar-refractivity contribution in [2.75, 3.05) is 0 Å². The predicted octanol–water partition coefficient (Wildman–Crippen LogP) is 2.60. The van der Waals surface area contributed by atoms with Crippen LogP contribution in [-0.2, 0) is 5.88 Å². The Labute approximate surface area is 87.5 Å². The summed E-state index contributed by atoms with van der Waals surface area (Å²) in [6.45, 7) is 0. The highest BCUT2D eigenvalue weighted by Crippen LogP contribution is 2.26. The van der Waals surface area contributed by atoms with Crippen LogP contribution in [0.3, 0.4) is 0 Å². The van der Waals surface area contributed by atoms with Gasteiger partial charge in [-0.1, -0.05) is 0 Å². The fourth-order valence-electron chi connectivity index (χ4n) is 1.03. The van der Waals surface area contributed by atoms with Gasteiger partial charge in [0, 0.05) is 0 Å². The van der Waals surface area contributed by atoms with Crippen LogP contribution in [-0.4, -0.2) is 16.1 Å². The summed E-state index contributed by atoms with van der Waals surface area (Å²) >= 11 is 5.30. The summed E-state index contributed by atoms with van der Waals surface area (Å²) in [5, 5.41) is 8.59. The van der Waals surface area contributed by atoms with Gasteiger partial charge >= 0.3 is 5.97 Å². The molecule has 1 N–H and O–H groups in total. The Hall–Kier alpha value is -1.30. The number of carboxylic acid groups (broad SMARTS) is 1. The summed E-state index contributed by atoms with van der Waals surface area (Å²) in [5.41, 5.74) is -2.12. The van der Waals surface area contributed by atoms with Crippen LogP contribution >= 0.6 is 11.6 Å². The summed E-state index contributed by atoms with van der Waals surface area (Å²) in [4.78, 5) is 13.7. The lowest BCUT2D eigenvalue weighted by Crippen LogP contribution is -2.09. The number of carboxylic acids is 1. The number of aromatic carboxylic acids is 1. The zero-order valence-electron chi connectivity index (χ0n) is 7.18. The zero-order valence-corrected chi connectivity index (χ0v) is 7.93. The van der Waals surface area contributed by atoms with Crippen LogP contribution in [0, 0.1) is 5.95 Å². The van der Waals surface area contributed by atoms with E-state index in [0.29, 0.717) is 0 Å². The highest BCUT2D eigenvalue weighted by molar-refractivity contribution is 6.16. The van der Waals surface area contributed by atoms with E-state index in [2.05, 4.69) is 4.98 Å². The molecule has 3 nitrogen and oxygen atoms in total. The van der Waals surface area contributed by atoms with Crippen molar-refractivity contribution in [3.63, 3.8) is 0 Å². The Balaban J connectivity index is 3.42. The van der Waals surface area contributed by atoms with Crippen molar-refractivity contribution in [3.05, 3.63) is 28.8 Å². The van der Waals surface area contributed by atoms with Crippen molar-refractivity contribution in [1.29, 1.82) is 0 Å². The van der Waals surface area contributed by atoms with E-state index in [0.717, 1.165) is 6.07 Å². The highest BCUT2D eigenvalue weighted by Gasteiger charge is 2.24. The summed E-state index contributed by atoms with van der Waals surface area (Å²) in [7, 11) is 0. The van der Waals surface area contributed by atoms with Crippen LogP contribution in [0.1, 0.15) is 28.0 Å². The van der Waals surface area contributed by atoms with E-state index >= 15 is 0 Å². The quantitative estimate of drug-likeness (QED) is 0.652. The van der Waals surface area contributed by atoms with Gasteiger partial charge in [-0.3, -0.25) is 0 Å². The maximum atomic E-state index is 13.0. The zero-order chi connectivity index (χ0) is 11.6. The van der Waals surface area contributed by atoms with Crippen molar-refractivity contribution in [1.82, 2.24) is 4.98 Å². The molecule has 0 aliphatic rings. The summed E-state index contributed by atoms with van der Waals surface area (Å²) in [6.07, 6.45) is -3.23. The standard InChI is InChI=1S/C8H5ClF3NO2/c9-2-3-1-4(8(14)15)5(6(10)11)7(12)13-3/h1,6H,2H2,(H,14,15). The van der Waals surface area contributed by atoms with E-state index in [1.54, 1.807) is 0 Å². The molecule has 0 aliphatic heterocycles. The molecule has 0 aromatic carbocycles. The molecular weight excluding hydrogens is 235 g/mol. The lowest BCUT2D eigenvalue weighted by Gasteiger charge is -2.07. The molecule has 82 valence electrons. The molecule has 1 aromatic heterocycles. The van der Waals surface area contributed by atoms with E-state index in [4.69, 9.17) is 16.7 Å². The molecule has 0 aliphatic carbocycles. The van der Waals surface area contributed by atoms with Crippen LogP contribution in [0.2, 0.25) is 0 Å². The number of alkyl halides is 3. The topological polar surface area (TPSA) is 50.2 Å². The Morgan fingerprint density at radius 3 is 2.60 bits per heavy atom. The van der Waals surface area contributed by atoms with Gasteiger partial charge in [0.25, 0.3) is 6.43 Å². The highest BCUT2D eigenvalue weighted by atomic mass is 35.5. The van der Waals surface area contributed by atoms with E-state index in [-0.39, 0.29) is 11.6 Å². The predicted molar refractivity (Wildman–Crippen MR) is 45.7 cm³/mol. The van der Waals surface area contributed by atoms with E-state index in [9.17, 15) is 18.0 Å².